The lowest BCUT2D eigenvalue weighted by atomic mass is 10.0. The minimum Gasteiger partial charge on any atom is -0.323 e. The number of fused-ring (bicyclic) bond motifs is 3. The van der Waals surface area contributed by atoms with Crippen LogP contribution in [0.2, 0.25) is 0 Å². The van der Waals surface area contributed by atoms with Gasteiger partial charge in [-0.15, -0.1) is 0 Å². The van der Waals surface area contributed by atoms with Crippen molar-refractivity contribution in [2.75, 3.05) is 0 Å². The van der Waals surface area contributed by atoms with Crippen molar-refractivity contribution >= 4 is 21.5 Å². The van der Waals surface area contributed by atoms with Gasteiger partial charge in [-0.1, -0.05) is 54.6 Å². The second kappa shape index (κ2) is 5.62. The molecule has 0 fully saturated rings. The fraction of sp³-hybridized carbons (Fsp3) is 0.0952. The van der Waals surface area contributed by atoms with E-state index in [1.165, 1.54) is 0 Å². The molecule has 0 aliphatic rings. The maximum absolute atomic E-state index is 13.4. The lowest BCUT2D eigenvalue weighted by Gasteiger charge is -2.18. The van der Waals surface area contributed by atoms with Crippen LogP contribution in [-0.4, -0.2) is 4.57 Å². The van der Waals surface area contributed by atoms with Gasteiger partial charge in [0.05, 0.1) is 5.39 Å². The van der Waals surface area contributed by atoms with Gasteiger partial charge in [-0.05, 0) is 41.3 Å². The van der Waals surface area contributed by atoms with E-state index in [9.17, 15) is 4.79 Å². The molecule has 4 aromatic rings. The number of nitrogens with zero attached hydrogens (tertiary/aromatic N) is 1. The second-order valence-electron chi connectivity index (χ2n) is 6.08. The van der Waals surface area contributed by atoms with E-state index in [2.05, 4.69) is 6.07 Å². The topological polar surface area (TPSA) is 48.0 Å². The average molecular weight is 314 g/mol. The van der Waals surface area contributed by atoms with E-state index in [4.69, 9.17) is 5.73 Å². The number of para-hydroxylation sites is 1. The van der Waals surface area contributed by atoms with Crippen molar-refractivity contribution < 1.29 is 0 Å². The Labute approximate surface area is 140 Å². The standard InChI is InChI=1S/C21H18N2O/c1-14(22)19-13-16-12-11-15-7-5-6-10-18(15)20(16)21(24)23(19)17-8-3-2-4-9-17/h2-14H,22H2,1H3/t14-/m0/s1. The molecule has 0 aliphatic heterocycles. The molecule has 4 rings (SSSR count). The summed E-state index contributed by atoms with van der Waals surface area (Å²) in [6.07, 6.45) is 0. The monoisotopic (exact) mass is 314 g/mol. The molecule has 0 amide bonds. The van der Waals surface area contributed by atoms with Crippen molar-refractivity contribution in [3.63, 3.8) is 0 Å². The van der Waals surface area contributed by atoms with Gasteiger partial charge in [-0.2, -0.15) is 0 Å². The number of rotatable bonds is 2. The highest BCUT2D eigenvalue weighted by Gasteiger charge is 2.15. The Morgan fingerprint density at radius 1 is 0.875 bits per heavy atom. The zero-order chi connectivity index (χ0) is 16.7. The summed E-state index contributed by atoms with van der Waals surface area (Å²) >= 11 is 0. The Kier molecular flexibility index (Phi) is 3.44. The maximum atomic E-state index is 13.4. The Hall–Kier alpha value is -2.91. The fourth-order valence-electron chi connectivity index (χ4n) is 3.28. The summed E-state index contributed by atoms with van der Waals surface area (Å²) in [7, 11) is 0. The van der Waals surface area contributed by atoms with E-state index < -0.39 is 0 Å². The highest BCUT2D eigenvalue weighted by Crippen LogP contribution is 2.26. The molecule has 2 N–H and O–H groups in total. The number of aromatic nitrogens is 1. The van der Waals surface area contributed by atoms with Gasteiger partial charge in [0.15, 0.2) is 0 Å². The quantitative estimate of drug-likeness (QED) is 0.565. The third kappa shape index (κ3) is 2.22. The molecule has 3 aromatic carbocycles. The van der Waals surface area contributed by atoms with Gasteiger partial charge >= 0.3 is 0 Å². The molecule has 0 unspecified atom stereocenters. The number of pyridine rings is 1. The minimum absolute atomic E-state index is 0.0252. The number of benzene rings is 3. The summed E-state index contributed by atoms with van der Waals surface area (Å²) in [5.41, 5.74) is 7.79. The first-order valence-corrected chi connectivity index (χ1v) is 8.05. The summed E-state index contributed by atoms with van der Waals surface area (Å²) in [6, 6.07) is 23.5. The van der Waals surface area contributed by atoms with Crippen LogP contribution >= 0.6 is 0 Å². The normalized spacial score (nSPS) is 12.6. The molecule has 0 saturated heterocycles. The van der Waals surface area contributed by atoms with E-state index in [1.807, 2.05) is 73.7 Å². The summed E-state index contributed by atoms with van der Waals surface area (Å²) in [5, 5.41) is 3.70. The molecule has 3 heteroatoms. The van der Waals surface area contributed by atoms with E-state index in [0.717, 1.165) is 32.9 Å². The summed E-state index contributed by atoms with van der Waals surface area (Å²) in [6.45, 7) is 1.90. The Morgan fingerprint density at radius 2 is 1.54 bits per heavy atom. The van der Waals surface area contributed by atoms with E-state index in [-0.39, 0.29) is 11.6 Å². The molecule has 0 aliphatic carbocycles. The molecular weight excluding hydrogens is 296 g/mol. The van der Waals surface area contributed by atoms with Crippen LogP contribution in [0.15, 0.2) is 77.6 Å². The first kappa shape index (κ1) is 14.7. The van der Waals surface area contributed by atoms with E-state index in [1.54, 1.807) is 4.57 Å². The highest BCUT2D eigenvalue weighted by atomic mass is 16.1. The van der Waals surface area contributed by atoms with E-state index in [0.29, 0.717) is 0 Å². The molecular formula is C21H18N2O. The molecule has 24 heavy (non-hydrogen) atoms. The predicted octanol–water partition coefficient (Wildman–Crippen LogP) is 4.16. The molecule has 1 heterocycles. The van der Waals surface area contributed by atoms with Gasteiger partial charge in [-0.25, -0.2) is 0 Å². The molecule has 0 spiro atoms. The zero-order valence-electron chi connectivity index (χ0n) is 13.4. The van der Waals surface area contributed by atoms with Crippen LogP contribution in [0.5, 0.6) is 0 Å². The molecule has 1 aromatic heterocycles. The third-order valence-corrected chi connectivity index (χ3v) is 4.42. The fourth-order valence-corrected chi connectivity index (χ4v) is 3.28. The smallest absolute Gasteiger partial charge is 0.263 e. The van der Waals surface area contributed by atoms with Crippen LogP contribution in [0.1, 0.15) is 18.7 Å². The van der Waals surface area contributed by atoms with Gasteiger partial charge < -0.3 is 5.73 Å². The lowest BCUT2D eigenvalue weighted by Crippen LogP contribution is -2.25. The summed E-state index contributed by atoms with van der Waals surface area (Å²) < 4.78 is 1.74. The average Bonchev–Trinajstić information content (AvgIpc) is 2.61. The minimum atomic E-state index is -0.242. The maximum Gasteiger partial charge on any atom is 0.263 e. The van der Waals surface area contributed by atoms with Gasteiger partial charge in [0.25, 0.3) is 5.56 Å². The Bertz CT molecular complexity index is 1100. The van der Waals surface area contributed by atoms with Crippen LogP contribution in [0.4, 0.5) is 0 Å². The Balaban J connectivity index is 2.21. The molecule has 118 valence electrons. The van der Waals surface area contributed by atoms with E-state index >= 15 is 0 Å². The molecule has 3 nitrogen and oxygen atoms in total. The van der Waals surface area contributed by atoms with Crippen LogP contribution < -0.4 is 11.3 Å². The molecule has 0 saturated carbocycles. The summed E-state index contributed by atoms with van der Waals surface area (Å²) in [4.78, 5) is 13.4. The number of nitrogens with two attached hydrogens (primary N) is 1. The van der Waals surface area contributed by atoms with Gasteiger partial charge in [0.2, 0.25) is 0 Å². The SMILES string of the molecule is C[C@H](N)c1cc2ccc3ccccc3c2c(=O)n1-c1ccccc1. The number of hydrogen-bond acceptors (Lipinski definition) is 2. The Morgan fingerprint density at radius 3 is 2.29 bits per heavy atom. The van der Waals surface area contributed by atoms with Crippen LogP contribution in [0.25, 0.3) is 27.2 Å². The largest absolute Gasteiger partial charge is 0.323 e. The van der Waals surface area contributed by atoms with Gasteiger partial charge in [0.1, 0.15) is 0 Å². The third-order valence-electron chi connectivity index (χ3n) is 4.42. The first-order chi connectivity index (χ1) is 11.7. The van der Waals surface area contributed by atoms with Crippen molar-refractivity contribution in [2.24, 2.45) is 5.73 Å². The van der Waals surface area contributed by atoms with Crippen molar-refractivity contribution in [2.45, 2.75) is 13.0 Å². The lowest BCUT2D eigenvalue weighted by molar-refractivity contribution is 0.734. The number of hydrogen-bond donors (Lipinski definition) is 1. The van der Waals surface area contributed by atoms with Crippen molar-refractivity contribution in [3.8, 4) is 5.69 Å². The molecule has 1 atom stereocenters. The van der Waals surface area contributed by atoms with Crippen molar-refractivity contribution in [1.82, 2.24) is 4.57 Å². The highest BCUT2D eigenvalue weighted by molar-refractivity contribution is 6.07. The van der Waals surface area contributed by atoms with Crippen molar-refractivity contribution in [1.29, 1.82) is 0 Å². The molecule has 0 bridgehead atoms. The van der Waals surface area contributed by atoms with Crippen molar-refractivity contribution in [3.05, 3.63) is 88.8 Å². The molecule has 0 radical (unpaired) electrons. The van der Waals surface area contributed by atoms with Gasteiger partial charge in [0, 0.05) is 17.4 Å². The second-order valence-corrected chi connectivity index (χ2v) is 6.08. The van der Waals surface area contributed by atoms with Crippen LogP contribution in [0.3, 0.4) is 0 Å². The van der Waals surface area contributed by atoms with Gasteiger partial charge in [-0.3, -0.25) is 9.36 Å². The zero-order valence-corrected chi connectivity index (χ0v) is 13.4. The van der Waals surface area contributed by atoms with Crippen LogP contribution in [0, 0.1) is 0 Å². The predicted molar refractivity (Wildman–Crippen MR) is 99.7 cm³/mol. The first-order valence-electron chi connectivity index (χ1n) is 8.05. The van der Waals surface area contributed by atoms with Crippen LogP contribution in [-0.2, 0) is 0 Å². The summed E-state index contributed by atoms with van der Waals surface area (Å²) in [5.74, 6) is 0.